The van der Waals surface area contributed by atoms with Crippen LogP contribution in [0.25, 0.3) is 0 Å². The Morgan fingerprint density at radius 1 is 1.50 bits per heavy atom. The van der Waals surface area contributed by atoms with E-state index in [-0.39, 0.29) is 11.6 Å². The normalized spacial score (nSPS) is 9.64. The fourth-order valence-corrected chi connectivity index (χ4v) is 1.10. The molecule has 0 saturated carbocycles. The summed E-state index contributed by atoms with van der Waals surface area (Å²) in [6.45, 7) is 2.91. The van der Waals surface area contributed by atoms with Gasteiger partial charge in [-0.2, -0.15) is 0 Å². The molecule has 0 aliphatic carbocycles. The number of nitrogens with one attached hydrogen (secondary N) is 1. The van der Waals surface area contributed by atoms with Crippen LogP contribution < -0.4 is 5.32 Å². The predicted octanol–water partition coefficient (Wildman–Crippen LogP) is 1.91. The van der Waals surface area contributed by atoms with Crippen LogP contribution in [0.1, 0.15) is 22.8 Å². The number of aryl methyl sites for hydroxylation is 1. The molecule has 4 heteroatoms. The number of carbonyl (C=O) groups excluding carboxylic acids is 2. The monoisotopic (exact) mass is 195 g/mol. The molecule has 1 N–H and O–H groups in total. The van der Waals surface area contributed by atoms with Crippen LogP contribution in [0.3, 0.4) is 0 Å². The minimum atomic E-state index is -0.539. The van der Waals surface area contributed by atoms with Gasteiger partial charge in [-0.15, -0.1) is 0 Å². The van der Waals surface area contributed by atoms with Gasteiger partial charge in [0, 0.05) is 12.5 Å². The van der Waals surface area contributed by atoms with Crippen LogP contribution in [0.15, 0.2) is 12.1 Å². The van der Waals surface area contributed by atoms with Gasteiger partial charge in [-0.25, -0.2) is 4.39 Å². The smallest absolute Gasteiger partial charge is 0.221 e. The van der Waals surface area contributed by atoms with Crippen molar-refractivity contribution in [3.63, 3.8) is 0 Å². The van der Waals surface area contributed by atoms with Crippen LogP contribution in [0.2, 0.25) is 0 Å². The average Bonchev–Trinajstić information content (AvgIpc) is 2.09. The van der Waals surface area contributed by atoms with E-state index in [1.165, 1.54) is 19.1 Å². The van der Waals surface area contributed by atoms with E-state index in [1.54, 1.807) is 6.92 Å². The Kier molecular flexibility index (Phi) is 2.96. The van der Waals surface area contributed by atoms with Crippen molar-refractivity contribution in [2.45, 2.75) is 13.8 Å². The summed E-state index contributed by atoms with van der Waals surface area (Å²) in [7, 11) is 0. The van der Waals surface area contributed by atoms with E-state index in [4.69, 9.17) is 0 Å². The molecule has 0 bridgehead atoms. The summed E-state index contributed by atoms with van der Waals surface area (Å²) in [5, 5.41) is 2.30. The molecule has 0 radical (unpaired) electrons. The summed E-state index contributed by atoms with van der Waals surface area (Å²) < 4.78 is 13.2. The SMILES string of the molecule is CC(=O)Nc1cc(C=O)c(C)cc1F. The first-order chi connectivity index (χ1) is 6.54. The zero-order valence-electron chi connectivity index (χ0n) is 7.93. The standard InChI is InChI=1S/C10H10FNO2/c1-6-3-9(11)10(12-7(2)14)4-8(6)5-13/h3-5H,1-2H3,(H,12,14). The minimum Gasteiger partial charge on any atom is -0.324 e. The van der Waals surface area contributed by atoms with Crippen LogP contribution in [0, 0.1) is 12.7 Å². The number of halogens is 1. The lowest BCUT2D eigenvalue weighted by molar-refractivity contribution is -0.114. The third-order valence-electron chi connectivity index (χ3n) is 1.79. The summed E-state index contributed by atoms with van der Waals surface area (Å²) in [6.07, 6.45) is 0.625. The van der Waals surface area contributed by atoms with Gasteiger partial charge in [0.1, 0.15) is 12.1 Å². The fraction of sp³-hybridized carbons (Fsp3) is 0.200. The Hall–Kier alpha value is -1.71. The lowest BCUT2D eigenvalue weighted by Crippen LogP contribution is -2.08. The van der Waals surface area contributed by atoms with Crippen LogP contribution in [0.5, 0.6) is 0 Å². The molecule has 3 nitrogen and oxygen atoms in total. The van der Waals surface area contributed by atoms with Crippen molar-refractivity contribution < 1.29 is 14.0 Å². The summed E-state index contributed by atoms with van der Waals surface area (Å²) >= 11 is 0. The van der Waals surface area contributed by atoms with Crippen LogP contribution in [0.4, 0.5) is 10.1 Å². The van der Waals surface area contributed by atoms with E-state index >= 15 is 0 Å². The number of carbonyl (C=O) groups is 2. The van der Waals surface area contributed by atoms with Crippen molar-refractivity contribution in [1.82, 2.24) is 0 Å². The molecule has 0 aliphatic heterocycles. The lowest BCUT2D eigenvalue weighted by atomic mass is 10.1. The van der Waals surface area contributed by atoms with Gasteiger partial charge in [-0.1, -0.05) is 0 Å². The maximum absolute atomic E-state index is 13.2. The molecular formula is C10H10FNO2. The van der Waals surface area contributed by atoms with Crippen molar-refractivity contribution >= 4 is 17.9 Å². The number of amides is 1. The molecule has 0 saturated heterocycles. The molecule has 0 fully saturated rings. The van der Waals surface area contributed by atoms with Gasteiger partial charge in [0.15, 0.2) is 0 Å². The zero-order valence-corrected chi connectivity index (χ0v) is 7.93. The molecule has 1 amide bonds. The van der Waals surface area contributed by atoms with Crippen molar-refractivity contribution in [1.29, 1.82) is 0 Å². The highest BCUT2D eigenvalue weighted by Gasteiger charge is 2.07. The molecular weight excluding hydrogens is 185 g/mol. The van der Waals surface area contributed by atoms with Gasteiger partial charge in [0.05, 0.1) is 5.69 Å². The maximum atomic E-state index is 13.2. The summed E-state index contributed by atoms with van der Waals surface area (Å²) in [5.74, 6) is -0.909. The fourth-order valence-electron chi connectivity index (χ4n) is 1.10. The van der Waals surface area contributed by atoms with Gasteiger partial charge in [-0.3, -0.25) is 9.59 Å². The highest BCUT2D eigenvalue weighted by atomic mass is 19.1. The van der Waals surface area contributed by atoms with E-state index in [9.17, 15) is 14.0 Å². The van der Waals surface area contributed by atoms with Crippen molar-refractivity contribution in [3.8, 4) is 0 Å². The first-order valence-electron chi connectivity index (χ1n) is 4.07. The number of benzene rings is 1. The molecule has 0 heterocycles. The third-order valence-corrected chi connectivity index (χ3v) is 1.79. The molecule has 1 rings (SSSR count). The number of anilines is 1. The van der Waals surface area contributed by atoms with Gasteiger partial charge >= 0.3 is 0 Å². The second-order valence-corrected chi connectivity index (χ2v) is 2.99. The number of aldehydes is 1. The van der Waals surface area contributed by atoms with Crippen LogP contribution in [-0.4, -0.2) is 12.2 Å². The van der Waals surface area contributed by atoms with E-state index < -0.39 is 5.82 Å². The van der Waals surface area contributed by atoms with Crippen molar-refractivity contribution in [2.75, 3.05) is 5.32 Å². The lowest BCUT2D eigenvalue weighted by Gasteiger charge is -2.06. The Balaban J connectivity index is 3.16. The molecule has 1 aromatic rings. The van der Waals surface area contributed by atoms with Crippen LogP contribution >= 0.6 is 0 Å². The third kappa shape index (κ3) is 2.16. The molecule has 0 spiro atoms. The van der Waals surface area contributed by atoms with E-state index in [1.807, 2.05) is 0 Å². The zero-order chi connectivity index (χ0) is 10.7. The molecule has 0 atom stereocenters. The van der Waals surface area contributed by atoms with Crippen molar-refractivity contribution in [3.05, 3.63) is 29.1 Å². The first-order valence-corrected chi connectivity index (χ1v) is 4.07. The number of hydrogen-bond acceptors (Lipinski definition) is 2. The largest absolute Gasteiger partial charge is 0.324 e. The molecule has 74 valence electrons. The molecule has 0 aromatic heterocycles. The summed E-state index contributed by atoms with van der Waals surface area (Å²) in [4.78, 5) is 21.2. The quantitative estimate of drug-likeness (QED) is 0.732. The second-order valence-electron chi connectivity index (χ2n) is 2.99. The Bertz CT molecular complexity index is 388. The van der Waals surface area contributed by atoms with E-state index in [2.05, 4.69) is 5.32 Å². The Morgan fingerprint density at radius 3 is 2.64 bits per heavy atom. The highest BCUT2D eigenvalue weighted by Crippen LogP contribution is 2.18. The second kappa shape index (κ2) is 4.00. The topological polar surface area (TPSA) is 46.2 Å². The van der Waals surface area contributed by atoms with Gasteiger partial charge in [-0.05, 0) is 24.6 Å². The summed E-state index contributed by atoms with van der Waals surface area (Å²) in [6, 6.07) is 2.54. The molecule has 14 heavy (non-hydrogen) atoms. The van der Waals surface area contributed by atoms with Gasteiger partial charge in [0.2, 0.25) is 5.91 Å². The van der Waals surface area contributed by atoms with E-state index in [0.717, 1.165) is 0 Å². The Morgan fingerprint density at radius 2 is 2.14 bits per heavy atom. The number of rotatable bonds is 2. The molecule has 0 unspecified atom stereocenters. The van der Waals surface area contributed by atoms with Gasteiger partial charge in [0.25, 0.3) is 0 Å². The highest BCUT2D eigenvalue weighted by molar-refractivity contribution is 5.90. The van der Waals surface area contributed by atoms with E-state index in [0.29, 0.717) is 17.4 Å². The maximum Gasteiger partial charge on any atom is 0.221 e. The molecule has 0 aliphatic rings. The first kappa shape index (κ1) is 10.4. The Labute approximate surface area is 80.9 Å². The van der Waals surface area contributed by atoms with Crippen molar-refractivity contribution in [2.24, 2.45) is 0 Å². The minimum absolute atomic E-state index is 0.0326. The molecule has 1 aromatic carbocycles. The van der Waals surface area contributed by atoms with Gasteiger partial charge < -0.3 is 5.32 Å². The van der Waals surface area contributed by atoms with Crippen LogP contribution in [-0.2, 0) is 4.79 Å². The average molecular weight is 195 g/mol. The predicted molar refractivity (Wildman–Crippen MR) is 50.8 cm³/mol. The number of hydrogen-bond donors (Lipinski definition) is 1. The summed E-state index contributed by atoms with van der Waals surface area (Å²) in [5.41, 5.74) is 0.951.